The summed E-state index contributed by atoms with van der Waals surface area (Å²) >= 11 is 0. The summed E-state index contributed by atoms with van der Waals surface area (Å²) in [6.45, 7) is 7.02. The molecule has 2 fully saturated rings. The fourth-order valence-corrected chi connectivity index (χ4v) is 2.98. The third-order valence-corrected chi connectivity index (χ3v) is 3.98. The third-order valence-electron chi connectivity index (χ3n) is 3.98. The Morgan fingerprint density at radius 1 is 1.40 bits per heavy atom. The number of alkyl halides is 2. The van der Waals surface area contributed by atoms with E-state index in [1.807, 2.05) is 0 Å². The number of hydrogen-bond donors (Lipinski definition) is 2. The Labute approximate surface area is 119 Å². The predicted molar refractivity (Wildman–Crippen MR) is 73.8 cm³/mol. The Kier molecular flexibility index (Phi) is 4.96. The third kappa shape index (κ3) is 4.38. The number of carbonyl (C=O) groups is 1. The molecule has 2 aliphatic rings. The molecule has 0 spiro atoms. The van der Waals surface area contributed by atoms with Gasteiger partial charge in [0.25, 0.3) is 5.92 Å². The Balaban J connectivity index is 1.71. The highest BCUT2D eigenvalue weighted by Gasteiger charge is 2.42. The van der Waals surface area contributed by atoms with Crippen molar-refractivity contribution < 1.29 is 13.6 Å². The van der Waals surface area contributed by atoms with Crippen LogP contribution in [0.25, 0.3) is 0 Å². The van der Waals surface area contributed by atoms with Crippen LogP contribution in [0.2, 0.25) is 0 Å². The van der Waals surface area contributed by atoms with Gasteiger partial charge in [0, 0.05) is 32.1 Å². The van der Waals surface area contributed by atoms with Crippen molar-refractivity contribution in [1.29, 1.82) is 0 Å². The zero-order chi connectivity index (χ0) is 14.8. The van der Waals surface area contributed by atoms with Crippen LogP contribution >= 0.6 is 0 Å². The van der Waals surface area contributed by atoms with E-state index in [0.717, 1.165) is 32.5 Å². The number of likely N-dealkylation sites (tertiary alicyclic amines) is 1. The van der Waals surface area contributed by atoms with Crippen LogP contribution in [0.5, 0.6) is 0 Å². The molecule has 1 amide bonds. The van der Waals surface area contributed by atoms with E-state index in [1.165, 1.54) is 0 Å². The predicted octanol–water partition coefficient (Wildman–Crippen LogP) is 1.22. The monoisotopic (exact) mass is 289 g/mol. The van der Waals surface area contributed by atoms with Crippen LogP contribution in [-0.4, -0.2) is 55.0 Å². The molecule has 2 rings (SSSR count). The summed E-state index contributed by atoms with van der Waals surface area (Å²) in [5.41, 5.74) is 0. The minimum atomic E-state index is -2.75. The van der Waals surface area contributed by atoms with Crippen molar-refractivity contribution in [3.63, 3.8) is 0 Å². The van der Waals surface area contributed by atoms with E-state index in [-0.39, 0.29) is 18.4 Å². The van der Waals surface area contributed by atoms with Crippen LogP contribution in [-0.2, 0) is 4.79 Å². The quantitative estimate of drug-likeness (QED) is 0.818. The average Bonchev–Trinajstić information content (AvgIpc) is 2.72. The summed E-state index contributed by atoms with van der Waals surface area (Å²) in [6.07, 6.45) is 1.42. The topological polar surface area (TPSA) is 44.4 Å². The van der Waals surface area contributed by atoms with Crippen LogP contribution in [0.15, 0.2) is 0 Å². The van der Waals surface area contributed by atoms with Crippen molar-refractivity contribution >= 4 is 5.91 Å². The standard InChI is InChI=1S/C14H25F2N3O/c1-10(2)8-19-5-3-11(4-6-19)18-13(20)12-7-14(15,16)9-17-12/h10-12,17H,3-9H2,1-2H3,(H,18,20). The number of piperidine rings is 1. The average molecular weight is 289 g/mol. The van der Waals surface area contributed by atoms with E-state index >= 15 is 0 Å². The summed E-state index contributed by atoms with van der Waals surface area (Å²) in [5, 5.41) is 5.51. The van der Waals surface area contributed by atoms with Gasteiger partial charge >= 0.3 is 0 Å². The van der Waals surface area contributed by atoms with Gasteiger partial charge in [0.1, 0.15) is 0 Å². The van der Waals surface area contributed by atoms with Gasteiger partial charge in [-0.1, -0.05) is 13.8 Å². The first-order chi connectivity index (χ1) is 9.35. The van der Waals surface area contributed by atoms with Gasteiger partial charge in [-0.3, -0.25) is 10.1 Å². The zero-order valence-corrected chi connectivity index (χ0v) is 12.3. The normalized spacial score (nSPS) is 27.9. The molecule has 2 saturated heterocycles. The first kappa shape index (κ1) is 15.6. The smallest absolute Gasteiger partial charge is 0.262 e. The molecule has 0 aliphatic carbocycles. The first-order valence-corrected chi connectivity index (χ1v) is 7.50. The summed E-state index contributed by atoms with van der Waals surface area (Å²) < 4.78 is 26.1. The van der Waals surface area contributed by atoms with Gasteiger partial charge in [0.2, 0.25) is 5.91 Å². The van der Waals surface area contributed by atoms with Gasteiger partial charge < -0.3 is 10.2 Å². The van der Waals surface area contributed by atoms with Crippen molar-refractivity contribution in [2.45, 2.75) is 51.1 Å². The number of halogens is 2. The molecular weight excluding hydrogens is 264 g/mol. The van der Waals surface area contributed by atoms with Gasteiger partial charge in [0.05, 0.1) is 12.6 Å². The number of rotatable bonds is 4. The fourth-order valence-electron chi connectivity index (χ4n) is 2.98. The number of nitrogens with zero attached hydrogens (tertiary/aromatic N) is 1. The maximum atomic E-state index is 13.1. The molecule has 0 aromatic carbocycles. The van der Waals surface area contributed by atoms with Crippen LogP contribution in [0.1, 0.15) is 33.1 Å². The molecule has 0 saturated carbocycles. The molecule has 20 heavy (non-hydrogen) atoms. The molecule has 0 bridgehead atoms. The summed E-state index contributed by atoms with van der Waals surface area (Å²) in [7, 11) is 0. The summed E-state index contributed by atoms with van der Waals surface area (Å²) in [5.74, 6) is -2.38. The molecule has 1 unspecified atom stereocenters. The highest BCUT2D eigenvalue weighted by atomic mass is 19.3. The molecule has 0 radical (unpaired) electrons. The minimum Gasteiger partial charge on any atom is -0.352 e. The van der Waals surface area contributed by atoms with Gasteiger partial charge in [-0.15, -0.1) is 0 Å². The SMILES string of the molecule is CC(C)CN1CCC(NC(=O)C2CC(F)(F)CN2)CC1. The highest BCUT2D eigenvalue weighted by Crippen LogP contribution is 2.25. The Bertz CT molecular complexity index is 341. The van der Waals surface area contributed by atoms with Gasteiger partial charge in [0.15, 0.2) is 0 Å². The van der Waals surface area contributed by atoms with Crippen LogP contribution in [0.3, 0.4) is 0 Å². The zero-order valence-electron chi connectivity index (χ0n) is 12.3. The molecule has 116 valence electrons. The van der Waals surface area contributed by atoms with E-state index in [0.29, 0.717) is 5.92 Å². The Hall–Kier alpha value is -0.750. The van der Waals surface area contributed by atoms with E-state index < -0.39 is 18.5 Å². The maximum Gasteiger partial charge on any atom is 0.262 e. The summed E-state index contributed by atoms with van der Waals surface area (Å²) in [4.78, 5) is 14.3. The lowest BCUT2D eigenvalue weighted by Crippen LogP contribution is -2.49. The van der Waals surface area contributed by atoms with Crippen molar-refractivity contribution in [1.82, 2.24) is 15.5 Å². The van der Waals surface area contributed by atoms with E-state index in [1.54, 1.807) is 0 Å². The molecule has 2 aliphatic heterocycles. The van der Waals surface area contributed by atoms with E-state index in [2.05, 4.69) is 29.4 Å². The Morgan fingerprint density at radius 3 is 2.55 bits per heavy atom. The lowest BCUT2D eigenvalue weighted by molar-refractivity contribution is -0.124. The van der Waals surface area contributed by atoms with E-state index in [4.69, 9.17) is 0 Å². The minimum absolute atomic E-state index is 0.127. The highest BCUT2D eigenvalue weighted by molar-refractivity contribution is 5.82. The molecular formula is C14H25F2N3O. The summed E-state index contributed by atoms with van der Waals surface area (Å²) in [6, 6.07) is -0.611. The van der Waals surface area contributed by atoms with Crippen LogP contribution in [0.4, 0.5) is 8.78 Å². The second-order valence-electron chi connectivity index (χ2n) is 6.47. The van der Waals surface area contributed by atoms with Crippen LogP contribution in [0, 0.1) is 5.92 Å². The van der Waals surface area contributed by atoms with Crippen molar-refractivity contribution in [3.05, 3.63) is 0 Å². The molecule has 6 heteroatoms. The number of amides is 1. The lowest BCUT2D eigenvalue weighted by atomic mass is 10.0. The molecule has 2 heterocycles. The largest absolute Gasteiger partial charge is 0.352 e. The van der Waals surface area contributed by atoms with Crippen molar-refractivity contribution in [2.24, 2.45) is 5.92 Å². The lowest BCUT2D eigenvalue weighted by Gasteiger charge is -2.33. The number of hydrogen-bond acceptors (Lipinski definition) is 3. The second-order valence-corrected chi connectivity index (χ2v) is 6.47. The fraction of sp³-hybridized carbons (Fsp3) is 0.929. The Morgan fingerprint density at radius 2 is 2.05 bits per heavy atom. The molecule has 0 aromatic heterocycles. The first-order valence-electron chi connectivity index (χ1n) is 7.50. The van der Waals surface area contributed by atoms with E-state index in [9.17, 15) is 13.6 Å². The molecule has 4 nitrogen and oxygen atoms in total. The number of nitrogens with one attached hydrogen (secondary N) is 2. The van der Waals surface area contributed by atoms with Crippen molar-refractivity contribution in [2.75, 3.05) is 26.2 Å². The van der Waals surface area contributed by atoms with Gasteiger partial charge in [-0.05, 0) is 18.8 Å². The second kappa shape index (κ2) is 6.35. The number of carbonyl (C=O) groups excluding carboxylic acids is 1. The maximum absolute atomic E-state index is 13.1. The molecule has 2 N–H and O–H groups in total. The molecule has 1 atom stereocenters. The van der Waals surface area contributed by atoms with Crippen molar-refractivity contribution in [3.8, 4) is 0 Å². The molecule has 0 aromatic rings. The van der Waals surface area contributed by atoms with Crippen LogP contribution < -0.4 is 10.6 Å². The van der Waals surface area contributed by atoms with Gasteiger partial charge in [-0.25, -0.2) is 8.78 Å². The van der Waals surface area contributed by atoms with Gasteiger partial charge in [-0.2, -0.15) is 0 Å².